The second kappa shape index (κ2) is 8.59. The van der Waals surface area contributed by atoms with Crippen molar-refractivity contribution in [2.75, 3.05) is 0 Å². The predicted octanol–water partition coefficient (Wildman–Crippen LogP) is 6.39. The van der Waals surface area contributed by atoms with Crippen LogP contribution in [-0.4, -0.2) is 10.8 Å². The summed E-state index contributed by atoms with van der Waals surface area (Å²) in [7, 11) is 0. The average molecular weight is 574 g/mol. The summed E-state index contributed by atoms with van der Waals surface area (Å²) >= 11 is 8.48. The molecule has 1 aliphatic heterocycles. The van der Waals surface area contributed by atoms with Gasteiger partial charge >= 0.3 is 0 Å². The normalized spacial score (nSPS) is 36.4. The van der Waals surface area contributed by atoms with Gasteiger partial charge in [0.2, 0.25) is 11.8 Å². The van der Waals surface area contributed by atoms with Gasteiger partial charge in [0, 0.05) is 21.3 Å². The number of nitrogens with zero attached hydrogens (tertiary/aromatic N) is 2. The molecule has 0 saturated heterocycles. The van der Waals surface area contributed by atoms with E-state index in [0.717, 1.165) is 40.1 Å². The highest BCUT2D eigenvalue weighted by atomic mass is 79.9. The molecular formula is C31H31BrN3OS+. The van der Waals surface area contributed by atoms with E-state index in [4.69, 9.17) is 12.6 Å². The molecule has 4 fully saturated rings. The molecule has 37 heavy (non-hydrogen) atoms. The van der Waals surface area contributed by atoms with Crippen molar-refractivity contribution in [3.8, 4) is 6.07 Å². The Balaban J connectivity index is 1.48. The highest BCUT2D eigenvalue weighted by molar-refractivity contribution is 9.10. The number of fused-ring (bicyclic) bond motifs is 1. The zero-order chi connectivity index (χ0) is 25.4. The maximum Gasteiger partial charge on any atom is 0.217 e. The fraction of sp³-hybridized carbons (Fsp3) is 0.419. The van der Waals surface area contributed by atoms with Crippen LogP contribution in [0, 0.1) is 34.5 Å². The first-order chi connectivity index (χ1) is 17.9. The Morgan fingerprint density at radius 2 is 1.65 bits per heavy atom. The molecule has 2 aromatic carbocycles. The van der Waals surface area contributed by atoms with Crippen molar-refractivity contribution < 1.29 is 9.67 Å². The molecule has 0 unspecified atom stereocenters. The SMILES string of the molecule is N#CC1=C(S)N[C@](O)(C23CC4CC(CC(C4)C2)C3)[C@@H]([n+]2ccc3ccccc3c2)[C@H]1c1cccc(Br)c1. The first kappa shape index (κ1) is 23.8. The monoisotopic (exact) mass is 572 g/mol. The number of hydrogen-bond donors (Lipinski definition) is 3. The zero-order valence-corrected chi connectivity index (χ0v) is 23.1. The van der Waals surface area contributed by atoms with Crippen LogP contribution in [0.25, 0.3) is 10.8 Å². The van der Waals surface area contributed by atoms with Crippen LogP contribution in [0.1, 0.15) is 56.0 Å². The lowest BCUT2D eigenvalue weighted by Gasteiger charge is -2.63. The van der Waals surface area contributed by atoms with E-state index >= 15 is 0 Å². The molecule has 2 heterocycles. The van der Waals surface area contributed by atoms with Crippen molar-refractivity contribution >= 4 is 39.3 Å². The highest BCUT2D eigenvalue weighted by Crippen LogP contribution is 2.66. The third-order valence-electron chi connectivity index (χ3n) is 9.83. The molecule has 4 saturated carbocycles. The molecule has 4 nitrogen and oxygen atoms in total. The summed E-state index contributed by atoms with van der Waals surface area (Å²) < 4.78 is 3.14. The number of halogens is 1. The van der Waals surface area contributed by atoms with Crippen molar-refractivity contribution in [1.29, 1.82) is 5.26 Å². The summed E-state index contributed by atoms with van der Waals surface area (Å²) in [6, 6.07) is 20.7. The van der Waals surface area contributed by atoms with Gasteiger partial charge in [-0.15, -0.1) is 12.6 Å². The molecule has 0 radical (unpaired) electrons. The van der Waals surface area contributed by atoms with Crippen LogP contribution in [0.2, 0.25) is 0 Å². The van der Waals surface area contributed by atoms with Gasteiger partial charge in [0.05, 0.1) is 22.6 Å². The van der Waals surface area contributed by atoms with Crippen LogP contribution in [0.15, 0.2) is 82.1 Å². The summed E-state index contributed by atoms with van der Waals surface area (Å²) in [6.07, 6.45) is 11.2. The van der Waals surface area contributed by atoms with E-state index in [1.807, 2.05) is 12.1 Å². The lowest BCUT2D eigenvalue weighted by Crippen LogP contribution is -2.73. The number of nitriles is 1. The molecule has 5 aliphatic rings. The third kappa shape index (κ3) is 3.61. The third-order valence-corrected chi connectivity index (χ3v) is 10.7. The van der Waals surface area contributed by atoms with Crippen LogP contribution in [0.5, 0.6) is 0 Å². The van der Waals surface area contributed by atoms with E-state index in [-0.39, 0.29) is 11.3 Å². The number of nitrogens with one attached hydrogen (secondary N) is 1. The maximum absolute atomic E-state index is 13.2. The van der Waals surface area contributed by atoms with Gasteiger partial charge in [-0.25, -0.2) is 0 Å². The van der Waals surface area contributed by atoms with Crippen molar-refractivity contribution in [3.05, 3.63) is 87.6 Å². The van der Waals surface area contributed by atoms with Crippen LogP contribution in [0.3, 0.4) is 0 Å². The van der Waals surface area contributed by atoms with Crippen LogP contribution >= 0.6 is 28.6 Å². The van der Waals surface area contributed by atoms with Gasteiger partial charge in [0.1, 0.15) is 0 Å². The number of pyridine rings is 1. The van der Waals surface area contributed by atoms with E-state index < -0.39 is 11.8 Å². The number of rotatable bonds is 3. The van der Waals surface area contributed by atoms with Crippen LogP contribution < -0.4 is 9.88 Å². The molecule has 1 aromatic heterocycles. The fourth-order valence-corrected chi connectivity index (χ4v) is 9.55. The summed E-state index contributed by atoms with van der Waals surface area (Å²) in [5.74, 6) is 1.68. The minimum absolute atomic E-state index is 0.260. The Hall–Kier alpha value is -2.33. The predicted molar refractivity (Wildman–Crippen MR) is 150 cm³/mol. The van der Waals surface area contributed by atoms with E-state index in [1.54, 1.807) is 0 Å². The maximum atomic E-state index is 13.2. The topological polar surface area (TPSA) is 59.9 Å². The van der Waals surface area contributed by atoms with Crippen molar-refractivity contribution in [3.63, 3.8) is 0 Å². The summed E-state index contributed by atoms with van der Waals surface area (Å²) in [4.78, 5) is 0. The molecule has 0 spiro atoms. The van der Waals surface area contributed by atoms with Crippen molar-refractivity contribution in [2.45, 2.75) is 56.2 Å². The van der Waals surface area contributed by atoms with Crippen LogP contribution in [0.4, 0.5) is 0 Å². The molecule has 3 atom stereocenters. The largest absolute Gasteiger partial charge is 0.365 e. The summed E-state index contributed by atoms with van der Waals surface area (Å²) in [6.45, 7) is 0. The van der Waals surface area contributed by atoms with E-state index in [1.165, 1.54) is 19.3 Å². The van der Waals surface area contributed by atoms with Gasteiger partial charge in [-0.1, -0.05) is 46.3 Å². The van der Waals surface area contributed by atoms with Gasteiger partial charge in [-0.05, 0) is 85.4 Å². The summed E-state index contributed by atoms with van der Waals surface area (Å²) in [5, 5.41) is 29.9. The smallest absolute Gasteiger partial charge is 0.217 e. The Kier molecular flexibility index (Phi) is 5.52. The molecule has 4 aliphatic carbocycles. The Morgan fingerprint density at radius 3 is 2.30 bits per heavy atom. The van der Waals surface area contributed by atoms with Gasteiger partial charge < -0.3 is 10.4 Å². The number of hydrogen-bond acceptors (Lipinski definition) is 4. The fourth-order valence-electron chi connectivity index (χ4n) is 8.77. The standard InChI is InChI=1S/C31H30BrN3OS/c32-25-7-3-6-23(13-25)27-26(17-33)29(37)34-31(36,30-14-19-10-20(15-30)12-21(11-19)16-30)28(27)35-9-8-22-4-1-2-5-24(22)18-35/h1-9,13,18-21,27-28,34,36H,10-12,14-16H2/p+1/t19?,20?,21?,27-,28-,30?,31+/m0/s1. The Labute approximate surface area is 231 Å². The lowest BCUT2D eigenvalue weighted by atomic mass is 9.45. The zero-order valence-electron chi connectivity index (χ0n) is 20.6. The highest BCUT2D eigenvalue weighted by Gasteiger charge is 2.68. The molecule has 188 valence electrons. The Morgan fingerprint density at radius 1 is 0.973 bits per heavy atom. The number of thiol groups is 1. The molecule has 0 amide bonds. The summed E-state index contributed by atoms with van der Waals surface area (Å²) in [5.41, 5.74) is 0.0690. The second-order valence-electron chi connectivity index (χ2n) is 12.0. The van der Waals surface area contributed by atoms with Crippen LogP contribution in [-0.2, 0) is 0 Å². The number of allylic oxidation sites excluding steroid dienone is 1. The molecule has 8 rings (SSSR count). The molecule has 4 bridgehead atoms. The molecule has 2 N–H and O–H groups in total. The lowest BCUT2D eigenvalue weighted by molar-refractivity contribution is -0.744. The first-order valence-electron chi connectivity index (χ1n) is 13.4. The van der Waals surface area contributed by atoms with Crippen molar-refractivity contribution in [2.24, 2.45) is 23.2 Å². The van der Waals surface area contributed by atoms with Crippen molar-refractivity contribution in [1.82, 2.24) is 5.32 Å². The molecule has 3 aromatic rings. The van der Waals surface area contributed by atoms with Gasteiger partial charge in [0.25, 0.3) is 0 Å². The van der Waals surface area contributed by atoms with E-state index in [2.05, 4.69) is 86.7 Å². The number of benzene rings is 2. The second-order valence-corrected chi connectivity index (χ2v) is 13.3. The Bertz CT molecular complexity index is 1440. The number of aliphatic hydroxyl groups is 1. The molecule has 6 heteroatoms. The van der Waals surface area contributed by atoms with Gasteiger partial charge in [-0.3, -0.25) is 0 Å². The first-order valence-corrected chi connectivity index (χ1v) is 14.6. The van der Waals surface area contributed by atoms with E-state index in [9.17, 15) is 10.4 Å². The quantitative estimate of drug-likeness (QED) is 0.252. The minimum atomic E-state index is -1.25. The number of aromatic nitrogens is 1. The van der Waals surface area contributed by atoms with E-state index in [0.29, 0.717) is 28.4 Å². The average Bonchev–Trinajstić information content (AvgIpc) is 2.87. The minimum Gasteiger partial charge on any atom is -0.365 e. The van der Waals surface area contributed by atoms with Gasteiger partial charge in [-0.2, -0.15) is 9.83 Å². The molecular weight excluding hydrogens is 542 g/mol. The van der Waals surface area contributed by atoms with Gasteiger partial charge in [0.15, 0.2) is 12.4 Å².